The number of nitrogens with zero attached hydrogens (tertiary/aromatic N) is 1. The largest absolute Gasteiger partial charge is 0.397 e. The quantitative estimate of drug-likeness (QED) is 0.775. The molecule has 2 heterocycles. The van der Waals surface area contributed by atoms with Gasteiger partial charge in [0.25, 0.3) is 0 Å². The molecule has 0 radical (unpaired) electrons. The van der Waals surface area contributed by atoms with Crippen molar-refractivity contribution in [2.24, 2.45) is 0 Å². The Morgan fingerprint density at radius 3 is 2.64 bits per heavy atom. The molecule has 0 saturated carbocycles. The van der Waals surface area contributed by atoms with Crippen LogP contribution in [0.3, 0.4) is 0 Å². The molecule has 0 fully saturated rings. The molecule has 0 aromatic carbocycles. The maximum atomic E-state index is 5.71. The maximum Gasteiger partial charge on any atom is 0.0715 e. The number of rotatable bonds is 1. The molecule has 0 aliphatic heterocycles. The van der Waals surface area contributed by atoms with Crippen LogP contribution in [0, 0.1) is 13.8 Å². The van der Waals surface area contributed by atoms with Gasteiger partial charge in [0.15, 0.2) is 0 Å². The first kappa shape index (κ1) is 9.21. The van der Waals surface area contributed by atoms with Crippen LogP contribution in [0.5, 0.6) is 0 Å². The van der Waals surface area contributed by atoms with Gasteiger partial charge in [-0.05, 0) is 32.0 Å². The molecule has 2 N–H and O–H groups in total. The predicted octanol–water partition coefficient (Wildman–Crippen LogP) is 3.01. The Balaban J connectivity index is 2.47. The van der Waals surface area contributed by atoms with Crippen LogP contribution < -0.4 is 5.73 Å². The van der Waals surface area contributed by atoms with Gasteiger partial charge in [0.2, 0.25) is 0 Å². The molecule has 2 rings (SSSR count). The molecule has 0 aliphatic rings. The average Bonchev–Trinajstić information content (AvgIpc) is 2.57. The van der Waals surface area contributed by atoms with E-state index < -0.39 is 0 Å². The minimum atomic E-state index is 0.751. The van der Waals surface area contributed by atoms with Gasteiger partial charge in [-0.2, -0.15) is 0 Å². The van der Waals surface area contributed by atoms with Crippen molar-refractivity contribution in [2.75, 3.05) is 5.73 Å². The Labute approximate surface area is 87.4 Å². The lowest BCUT2D eigenvalue weighted by molar-refractivity contribution is 1.21. The van der Waals surface area contributed by atoms with E-state index in [4.69, 9.17) is 5.73 Å². The maximum absolute atomic E-state index is 5.71. The number of aryl methyl sites for hydroxylation is 2. The number of hydrogen-bond acceptors (Lipinski definition) is 3. The molecule has 14 heavy (non-hydrogen) atoms. The summed E-state index contributed by atoms with van der Waals surface area (Å²) in [6.07, 6.45) is 0. The van der Waals surface area contributed by atoms with E-state index in [9.17, 15) is 0 Å². The van der Waals surface area contributed by atoms with Crippen molar-refractivity contribution in [3.05, 3.63) is 34.2 Å². The number of nitrogen functional groups attached to an aromatic ring is 1. The Kier molecular flexibility index (Phi) is 2.25. The highest BCUT2D eigenvalue weighted by atomic mass is 32.1. The smallest absolute Gasteiger partial charge is 0.0715 e. The normalized spacial score (nSPS) is 10.4. The molecule has 2 aromatic rings. The minimum Gasteiger partial charge on any atom is -0.397 e. The Morgan fingerprint density at radius 2 is 2.07 bits per heavy atom. The van der Waals surface area contributed by atoms with Gasteiger partial charge in [-0.25, -0.2) is 0 Å². The first-order chi connectivity index (χ1) is 6.66. The third-order valence-corrected chi connectivity index (χ3v) is 3.01. The molecule has 0 aliphatic carbocycles. The summed E-state index contributed by atoms with van der Waals surface area (Å²) in [5.74, 6) is 0. The molecule has 2 nitrogen and oxygen atoms in total. The standard InChI is InChI=1S/C11H12N2S/c1-7-5-9(6-14-7)11-4-3-10(12)8(2)13-11/h3-6H,12H2,1-2H3. The molecule has 2 aromatic heterocycles. The Morgan fingerprint density at radius 1 is 1.29 bits per heavy atom. The van der Waals surface area contributed by atoms with Crippen molar-refractivity contribution >= 4 is 17.0 Å². The number of thiophene rings is 1. The van der Waals surface area contributed by atoms with Gasteiger partial charge in [0, 0.05) is 15.8 Å². The summed E-state index contributed by atoms with van der Waals surface area (Å²) in [6.45, 7) is 4.02. The summed E-state index contributed by atoms with van der Waals surface area (Å²) in [7, 11) is 0. The van der Waals surface area contributed by atoms with Crippen LogP contribution in [0.1, 0.15) is 10.6 Å². The summed E-state index contributed by atoms with van der Waals surface area (Å²) in [4.78, 5) is 5.74. The summed E-state index contributed by atoms with van der Waals surface area (Å²) in [5, 5.41) is 2.12. The molecule has 72 valence electrons. The van der Waals surface area contributed by atoms with Crippen molar-refractivity contribution in [1.82, 2.24) is 4.98 Å². The summed E-state index contributed by atoms with van der Waals surface area (Å²) >= 11 is 1.74. The van der Waals surface area contributed by atoms with Gasteiger partial charge in [-0.15, -0.1) is 11.3 Å². The van der Waals surface area contributed by atoms with Crippen LogP contribution >= 0.6 is 11.3 Å². The van der Waals surface area contributed by atoms with Crippen molar-refractivity contribution < 1.29 is 0 Å². The van der Waals surface area contributed by atoms with Gasteiger partial charge in [-0.1, -0.05) is 0 Å². The minimum absolute atomic E-state index is 0.751. The third kappa shape index (κ3) is 1.63. The molecule has 0 unspecified atom stereocenters. The van der Waals surface area contributed by atoms with Gasteiger partial charge in [-0.3, -0.25) is 4.98 Å². The van der Waals surface area contributed by atoms with Gasteiger partial charge < -0.3 is 5.73 Å². The molecule has 0 atom stereocenters. The fraction of sp³-hybridized carbons (Fsp3) is 0.182. The number of nitrogens with two attached hydrogens (primary N) is 1. The lowest BCUT2D eigenvalue weighted by Gasteiger charge is -2.01. The Hall–Kier alpha value is -1.35. The van der Waals surface area contributed by atoms with Crippen molar-refractivity contribution in [3.8, 4) is 11.3 Å². The number of aromatic nitrogens is 1. The lowest BCUT2D eigenvalue weighted by Crippen LogP contribution is -1.93. The summed E-state index contributed by atoms with van der Waals surface area (Å²) < 4.78 is 0. The molecule has 3 heteroatoms. The van der Waals surface area contributed by atoms with Crippen molar-refractivity contribution in [3.63, 3.8) is 0 Å². The Bertz CT molecular complexity index is 460. The SMILES string of the molecule is Cc1cc(-c2ccc(N)c(C)n2)cs1. The van der Waals surface area contributed by atoms with Gasteiger partial charge >= 0.3 is 0 Å². The lowest BCUT2D eigenvalue weighted by atomic mass is 10.2. The van der Waals surface area contributed by atoms with E-state index in [0.29, 0.717) is 0 Å². The second-order valence-electron chi connectivity index (χ2n) is 3.32. The van der Waals surface area contributed by atoms with Gasteiger partial charge in [0.1, 0.15) is 0 Å². The monoisotopic (exact) mass is 204 g/mol. The van der Waals surface area contributed by atoms with Crippen LogP contribution in [0.2, 0.25) is 0 Å². The molecule has 0 bridgehead atoms. The molecular weight excluding hydrogens is 192 g/mol. The van der Waals surface area contributed by atoms with E-state index in [0.717, 1.165) is 17.1 Å². The highest BCUT2D eigenvalue weighted by molar-refractivity contribution is 7.10. The molecule has 0 amide bonds. The fourth-order valence-electron chi connectivity index (χ4n) is 1.31. The molecular formula is C11H12N2S. The van der Waals surface area contributed by atoms with Gasteiger partial charge in [0.05, 0.1) is 17.1 Å². The van der Waals surface area contributed by atoms with Crippen LogP contribution in [0.4, 0.5) is 5.69 Å². The predicted molar refractivity (Wildman–Crippen MR) is 61.4 cm³/mol. The van der Waals surface area contributed by atoms with Crippen LogP contribution in [-0.2, 0) is 0 Å². The van der Waals surface area contributed by atoms with E-state index >= 15 is 0 Å². The highest BCUT2D eigenvalue weighted by Gasteiger charge is 2.03. The second-order valence-corrected chi connectivity index (χ2v) is 4.43. The van der Waals surface area contributed by atoms with Crippen LogP contribution in [0.15, 0.2) is 23.6 Å². The topological polar surface area (TPSA) is 38.9 Å². The molecule has 0 spiro atoms. The zero-order valence-corrected chi connectivity index (χ0v) is 9.06. The van der Waals surface area contributed by atoms with Crippen LogP contribution in [-0.4, -0.2) is 4.98 Å². The number of hydrogen-bond donors (Lipinski definition) is 1. The van der Waals surface area contributed by atoms with Crippen LogP contribution in [0.25, 0.3) is 11.3 Å². The van der Waals surface area contributed by atoms with Crippen molar-refractivity contribution in [2.45, 2.75) is 13.8 Å². The zero-order chi connectivity index (χ0) is 10.1. The van der Waals surface area contributed by atoms with E-state index in [1.54, 1.807) is 11.3 Å². The second kappa shape index (κ2) is 3.42. The van der Waals surface area contributed by atoms with E-state index in [1.165, 1.54) is 10.4 Å². The average molecular weight is 204 g/mol. The number of anilines is 1. The first-order valence-corrected chi connectivity index (χ1v) is 5.33. The van der Waals surface area contributed by atoms with E-state index in [1.807, 2.05) is 19.1 Å². The third-order valence-electron chi connectivity index (χ3n) is 2.15. The highest BCUT2D eigenvalue weighted by Crippen LogP contribution is 2.24. The van der Waals surface area contributed by atoms with E-state index in [2.05, 4.69) is 23.4 Å². The molecule has 0 saturated heterocycles. The first-order valence-electron chi connectivity index (χ1n) is 4.45. The van der Waals surface area contributed by atoms with Crippen molar-refractivity contribution in [1.29, 1.82) is 0 Å². The number of pyridine rings is 1. The summed E-state index contributed by atoms with van der Waals surface area (Å²) in [6, 6.07) is 6.01. The zero-order valence-electron chi connectivity index (χ0n) is 8.24. The van der Waals surface area contributed by atoms with E-state index in [-0.39, 0.29) is 0 Å². The fourth-order valence-corrected chi connectivity index (χ4v) is 2.01. The summed E-state index contributed by atoms with van der Waals surface area (Å²) in [5.41, 5.74) is 9.53.